The summed E-state index contributed by atoms with van der Waals surface area (Å²) < 4.78 is 0. The van der Waals surface area contributed by atoms with Crippen LogP contribution in [0.15, 0.2) is 18.2 Å². The Bertz CT molecular complexity index is 464. The highest BCUT2D eigenvalue weighted by Gasteiger charge is 2.30. The average molecular weight is 315 g/mol. The third-order valence-corrected chi connectivity index (χ3v) is 5.05. The van der Waals surface area contributed by atoms with Crippen LogP contribution in [-0.2, 0) is 6.54 Å². The Morgan fingerprint density at radius 2 is 2.15 bits per heavy atom. The number of hydrogen-bond acceptors (Lipinski definition) is 2. The average Bonchev–Trinajstić information content (AvgIpc) is 2.54. The molecule has 1 aliphatic heterocycles. The van der Waals surface area contributed by atoms with E-state index in [2.05, 4.69) is 31.0 Å². The molecular weight excluding hydrogens is 291 g/mol. The first-order valence-corrected chi connectivity index (χ1v) is 8.12. The van der Waals surface area contributed by atoms with E-state index in [-0.39, 0.29) is 5.54 Å². The van der Waals surface area contributed by atoms with Gasteiger partial charge in [0, 0.05) is 34.7 Å². The molecule has 0 saturated carbocycles. The molecule has 112 valence electrons. The smallest absolute Gasteiger partial charge is 0.0465 e. The van der Waals surface area contributed by atoms with Gasteiger partial charge in [0.2, 0.25) is 0 Å². The van der Waals surface area contributed by atoms with E-state index in [1.807, 2.05) is 18.2 Å². The van der Waals surface area contributed by atoms with Crippen LogP contribution in [0, 0.1) is 0 Å². The lowest BCUT2D eigenvalue weighted by Crippen LogP contribution is -2.49. The van der Waals surface area contributed by atoms with E-state index in [0.717, 1.165) is 36.6 Å². The molecule has 2 atom stereocenters. The lowest BCUT2D eigenvalue weighted by molar-refractivity contribution is 0.163. The normalized spacial score (nSPS) is 28.4. The third-order valence-electron chi connectivity index (χ3n) is 4.46. The summed E-state index contributed by atoms with van der Waals surface area (Å²) in [6, 6.07) is 6.35. The third kappa shape index (κ3) is 3.88. The number of hydrogen-bond donors (Lipinski definition) is 1. The molecule has 2 rings (SSSR count). The van der Waals surface area contributed by atoms with E-state index in [1.54, 1.807) is 0 Å². The Morgan fingerprint density at radius 3 is 2.80 bits per heavy atom. The molecule has 1 saturated heterocycles. The molecule has 0 aromatic heterocycles. The number of nitrogens with one attached hydrogen (secondary N) is 1. The Hall–Kier alpha value is -0.280. The molecule has 0 aliphatic carbocycles. The highest BCUT2D eigenvalue weighted by molar-refractivity contribution is 6.35. The minimum Gasteiger partial charge on any atom is -0.310 e. The number of rotatable bonds is 3. The van der Waals surface area contributed by atoms with Gasteiger partial charge in [-0.05, 0) is 50.9 Å². The van der Waals surface area contributed by atoms with Crippen LogP contribution in [0.5, 0.6) is 0 Å². The summed E-state index contributed by atoms with van der Waals surface area (Å²) in [5.41, 5.74) is 1.34. The van der Waals surface area contributed by atoms with Gasteiger partial charge < -0.3 is 5.32 Å². The summed E-state index contributed by atoms with van der Waals surface area (Å²) in [6.45, 7) is 9.86. The SMILES string of the molecule is CCC1(C)CN(Cc2ccc(Cl)cc2Cl)C(C)CCN1. The van der Waals surface area contributed by atoms with Crippen LogP contribution in [0.1, 0.15) is 39.2 Å². The molecule has 0 amide bonds. The molecule has 1 N–H and O–H groups in total. The Kier molecular flexibility index (Phi) is 5.36. The second kappa shape index (κ2) is 6.65. The van der Waals surface area contributed by atoms with Crippen LogP contribution in [0.25, 0.3) is 0 Å². The van der Waals surface area contributed by atoms with E-state index < -0.39 is 0 Å². The van der Waals surface area contributed by atoms with E-state index in [1.165, 1.54) is 6.42 Å². The second-order valence-corrected chi connectivity index (χ2v) is 6.96. The van der Waals surface area contributed by atoms with Gasteiger partial charge in [0.1, 0.15) is 0 Å². The van der Waals surface area contributed by atoms with Gasteiger partial charge in [-0.1, -0.05) is 36.2 Å². The van der Waals surface area contributed by atoms with Crippen molar-refractivity contribution >= 4 is 23.2 Å². The molecule has 2 unspecified atom stereocenters. The van der Waals surface area contributed by atoms with Crippen molar-refractivity contribution in [2.24, 2.45) is 0 Å². The molecule has 2 nitrogen and oxygen atoms in total. The molecule has 4 heteroatoms. The van der Waals surface area contributed by atoms with Crippen LogP contribution in [-0.4, -0.2) is 29.6 Å². The van der Waals surface area contributed by atoms with Crippen molar-refractivity contribution in [1.82, 2.24) is 10.2 Å². The molecule has 20 heavy (non-hydrogen) atoms. The molecule has 1 aromatic rings. The lowest BCUT2D eigenvalue weighted by atomic mass is 9.98. The van der Waals surface area contributed by atoms with E-state index in [9.17, 15) is 0 Å². The zero-order chi connectivity index (χ0) is 14.8. The largest absolute Gasteiger partial charge is 0.310 e. The van der Waals surface area contributed by atoms with Gasteiger partial charge in [0.25, 0.3) is 0 Å². The van der Waals surface area contributed by atoms with E-state index in [4.69, 9.17) is 23.2 Å². The first-order chi connectivity index (χ1) is 9.43. The summed E-state index contributed by atoms with van der Waals surface area (Å²) in [5.74, 6) is 0. The minimum atomic E-state index is 0.184. The predicted octanol–water partition coefficient (Wildman–Crippen LogP) is 4.35. The van der Waals surface area contributed by atoms with Crippen LogP contribution < -0.4 is 5.32 Å². The van der Waals surface area contributed by atoms with Crippen molar-refractivity contribution in [3.63, 3.8) is 0 Å². The fourth-order valence-corrected chi connectivity index (χ4v) is 3.21. The monoisotopic (exact) mass is 314 g/mol. The van der Waals surface area contributed by atoms with Crippen LogP contribution in [0.3, 0.4) is 0 Å². The molecule has 0 spiro atoms. The minimum absolute atomic E-state index is 0.184. The van der Waals surface area contributed by atoms with E-state index in [0.29, 0.717) is 11.1 Å². The maximum Gasteiger partial charge on any atom is 0.0465 e. The van der Waals surface area contributed by atoms with Crippen LogP contribution in [0.4, 0.5) is 0 Å². The van der Waals surface area contributed by atoms with Gasteiger partial charge in [-0.25, -0.2) is 0 Å². The predicted molar refractivity (Wildman–Crippen MR) is 87.6 cm³/mol. The number of benzene rings is 1. The zero-order valence-corrected chi connectivity index (χ0v) is 14.1. The number of halogens is 2. The summed E-state index contributed by atoms with van der Waals surface area (Å²) in [6.07, 6.45) is 2.30. The maximum absolute atomic E-state index is 6.32. The summed E-state index contributed by atoms with van der Waals surface area (Å²) in [7, 11) is 0. The number of nitrogens with zero attached hydrogens (tertiary/aromatic N) is 1. The van der Waals surface area contributed by atoms with Gasteiger partial charge in [-0.3, -0.25) is 4.90 Å². The fourth-order valence-electron chi connectivity index (χ4n) is 2.74. The van der Waals surface area contributed by atoms with Crippen molar-refractivity contribution in [3.8, 4) is 0 Å². The first-order valence-electron chi connectivity index (χ1n) is 7.36. The van der Waals surface area contributed by atoms with Gasteiger partial charge in [0.15, 0.2) is 0 Å². The van der Waals surface area contributed by atoms with Gasteiger partial charge in [-0.15, -0.1) is 0 Å². The van der Waals surface area contributed by atoms with Gasteiger partial charge >= 0.3 is 0 Å². The first kappa shape index (κ1) is 16.1. The van der Waals surface area contributed by atoms with Crippen molar-refractivity contribution in [1.29, 1.82) is 0 Å². The van der Waals surface area contributed by atoms with Crippen molar-refractivity contribution in [2.45, 2.75) is 51.7 Å². The van der Waals surface area contributed by atoms with Crippen molar-refractivity contribution in [2.75, 3.05) is 13.1 Å². The Balaban J connectivity index is 2.16. The molecule has 0 bridgehead atoms. The molecule has 1 heterocycles. The standard InChI is InChI=1S/C16H24Cl2N2/c1-4-16(3)11-20(12(2)7-8-19-16)10-13-5-6-14(17)9-15(13)18/h5-6,9,12,19H,4,7-8,10-11H2,1-3H3. The van der Waals surface area contributed by atoms with Crippen molar-refractivity contribution in [3.05, 3.63) is 33.8 Å². The lowest BCUT2D eigenvalue weighted by Gasteiger charge is -2.35. The van der Waals surface area contributed by atoms with Gasteiger partial charge in [0.05, 0.1) is 0 Å². The molecule has 1 fully saturated rings. The quantitative estimate of drug-likeness (QED) is 0.892. The topological polar surface area (TPSA) is 15.3 Å². The fraction of sp³-hybridized carbons (Fsp3) is 0.625. The molecular formula is C16H24Cl2N2. The highest BCUT2D eigenvalue weighted by Crippen LogP contribution is 2.26. The molecule has 1 aromatic carbocycles. The maximum atomic E-state index is 6.32. The molecule has 1 aliphatic rings. The molecule has 0 radical (unpaired) electrons. The Morgan fingerprint density at radius 1 is 1.40 bits per heavy atom. The Labute approximate surface area is 132 Å². The van der Waals surface area contributed by atoms with Crippen LogP contribution >= 0.6 is 23.2 Å². The summed E-state index contributed by atoms with van der Waals surface area (Å²) in [5, 5.41) is 5.14. The van der Waals surface area contributed by atoms with E-state index >= 15 is 0 Å². The van der Waals surface area contributed by atoms with Crippen LogP contribution in [0.2, 0.25) is 10.0 Å². The van der Waals surface area contributed by atoms with Gasteiger partial charge in [-0.2, -0.15) is 0 Å². The highest BCUT2D eigenvalue weighted by atomic mass is 35.5. The van der Waals surface area contributed by atoms with Crippen molar-refractivity contribution < 1.29 is 0 Å². The summed E-state index contributed by atoms with van der Waals surface area (Å²) in [4.78, 5) is 2.53. The zero-order valence-electron chi connectivity index (χ0n) is 12.5. The summed E-state index contributed by atoms with van der Waals surface area (Å²) >= 11 is 12.3. The second-order valence-electron chi connectivity index (χ2n) is 6.12.